The molecule has 0 atom stereocenters. The molecule has 21 heavy (non-hydrogen) atoms. The molecule has 0 heterocycles. The fourth-order valence-electron chi connectivity index (χ4n) is 3.32. The van der Waals surface area contributed by atoms with Crippen molar-refractivity contribution in [3.8, 4) is 0 Å². The molecule has 2 rings (SSSR count). The third kappa shape index (κ3) is 2.96. The largest absolute Gasteiger partial charge is 0.443 e. The quantitative estimate of drug-likeness (QED) is 0.856. The predicted molar refractivity (Wildman–Crippen MR) is 93.9 cm³/mol. The fourth-order valence-corrected chi connectivity index (χ4v) is 3.32. The Kier molecular flexibility index (Phi) is 4.39. The Morgan fingerprint density at radius 1 is 0.810 bits per heavy atom. The third-order valence-electron chi connectivity index (χ3n) is 4.07. The van der Waals surface area contributed by atoms with Crippen molar-refractivity contribution in [3.05, 3.63) is 64.2 Å². The van der Waals surface area contributed by atoms with Gasteiger partial charge in [-0.25, -0.2) is 0 Å². The summed E-state index contributed by atoms with van der Waals surface area (Å²) in [5.41, 5.74) is 8.78. The number of aryl methyl sites for hydroxylation is 5. The summed E-state index contributed by atoms with van der Waals surface area (Å²) in [5.74, 6) is 0. The zero-order chi connectivity index (χ0) is 15.7. The van der Waals surface area contributed by atoms with Crippen molar-refractivity contribution in [3.63, 3.8) is 0 Å². The maximum Gasteiger partial charge on any atom is 0.360 e. The summed E-state index contributed by atoms with van der Waals surface area (Å²) in [5, 5.41) is 11.0. The summed E-state index contributed by atoms with van der Waals surface area (Å²) in [6.45, 7) is 13.6. The van der Waals surface area contributed by atoms with Gasteiger partial charge < -0.3 is 5.02 Å². The Bertz CT molecular complexity index is 678. The molecule has 0 aliphatic rings. The molecule has 0 radical (unpaired) electrons. The van der Waals surface area contributed by atoms with Crippen LogP contribution in [0.25, 0.3) is 6.08 Å². The van der Waals surface area contributed by atoms with Gasteiger partial charge in [-0.2, -0.15) is 0 Å². The minimum Gasteiger partial charge on any atom is -0.443 e. The lowest BCUT2D eigenvalue weighted by Gasteiger charge is -2.19. The lowest BCUT2D eigenvalue weighted by atomic mass is 9.51. The van der Waals surface area contributed by atoms with Crippen molar-refractivity contribution in [1.82, 2.24) is 0 Å². The van der Waals surface area contributed by atoms with Gasteiger partial charge in [0, 0.05) is 0 Å². The molecule has 2 aromatic rings. The van der Waals surface area contributed by atoms with Gasteiger partial charge in [0.2, 0.25) is 0 Å². The molecular weight excluding hydrogens is 255 g/mol. The number of benzene rings is 2. The van der Waals surface area contributed by atoms with Crippen LogP contribution in [0.5, 0.6) is 0 Å². The fraction of sp³-hybridized carbons (Fsp3) is 0.263. The Balaban J connectivity index is 2.66. The van der Waals surface area contributed by atoms with Crippen LogP contribution in [0, 0.1) is 34.6 Å². The van der Waals surface area contributed by atoms with E-state index >= 15 is 0 Å². The summed E-state index contributed by atoms with van der Waals surface area (Å²) in [6.07, 6.45) is 1.83. The van der Waals surface area contributed by atoms with Crippen LogP contribution in [-0.2, 0) is 0 Å². The average molecular weight is 278 g/mol. The molecule has 0 aliphatic heterocycles. The second-order valence-electron chi connectivity index (χ2n) is 6.00. The number of hydrogen-bond acceptors (Lipinski definition) is 1. The lowest BCUT2D eigenvalue weighted by molar-refractivity contribution is 0.599. The minimum absolute atomic E-state index is 0.612. The number of rotatable bonds is 3. The monoisotopic (exact) mass is 278 g/mol. The van der Waals surface area contributed by atoms with E-state index in [-0.39, 0.29) is 0 Å². The minimum atomic E-state index is -0.612. The van der Waals surface area contributed by atoms with Crippen molar-refractivity contribution >= 4 is 23.9 Å². The first-order chi connectivity index (χ1) is 9.85. The SMILES string of the molecule is C=Cc1cc(C)cc(C)c1B(O)c1c(C)cc(C)cc1C. The van der Waals surface area contributed by atoms with Gasteiger partial charge in [-0.3, -0.25) is 0 Å². The Labute approximate surface area is 128 Å². The third-order valence-corrected chi connectivity index (χ3v) is 4.07. The normalized spacial score (nSPS) is 10.6. The topological polar surface area (TPSA) is 20.2 Å². The van der Waals surface area contributed by atoms with E-state index < -0.39 is 6.92 Å². The highest BCUT2D eigenvalue weighted by molar-refractivity contribution is 6.80. The van der Waals surface area contributed by atoms with Crippen LogP contribution in [0.4, 0.5) is 0 Å². The Morgan fingerprint density at radius 3 is 1.71 bits per heavy atom. The van der Waals surface area contributed by atoms with Crippen LogP contribution in [0.15, 0.2) is 30.8 Å². The highest BCUT2D eigenvalue weighted by atomic mass is 16.2. The van der Waals surface area contributed by atoms with Crippen LogP contribution in [0.1, 0.15) is 33.4 Å². The highest BCUT2D eigenvalue weighted by Crippen LogP contribution is 2.12. The van der Waals surface area contributed by atoms with E-state index in [0.29, 0.717) is 0 Å². The van der Waals surface area contributed by atoms with Crippen molar-refractivity contribution in [2.45, 2.75) is 34.6 Å². The molecule has 1 nitrogen and oxygen atoms in total. The predicted octanol–water partition coefficient (Wildman–Crippen LogP) is 2.97. The second-order valence-corrected chi connectivity index (χ2v) is 6.00. The maximum absolute atomic E-state index is 11.0. The van der Waals surface area contributed by atoms with E-state index in [1.54, 1.807) is 0 Å². The Morgan fingerprint density at radius 2 is 1.24 bits per heavy atom. The van der Waals surface area contributed by atoms with E-state index in [1.165, 1.54) is 11.1 Å². The molecular formula is C19H23BO. The van der Waals surface area contributed by atoms with Gasteiger partial charge in [-0.1, -0.05) is 64.7 Å². The molecule has 1 N–H and O–H groups in total. The maximum atomic E-state index is 11.0. The van der Waals surface area contributed by atoms with E-state index in [9.17, 15) is 5.02 Å². The number of hydrogen-bond donors (Lipinski definition) is 1. The molecule has 2 heteroatoms. The first-order valence-corrected chi connectivity index (χ1v) is 7.34. The van der Waals surface area contributed by atoms with Crippen molar-refractivity contribution in [2.24, 2.45) is 0 Å². The zero-order valence-corrected chi connectivity index (χ0v) is 13.6. The lowest BCUT2D eigenvalue weighted by Crippen LogP contribution is -2.47. The smallest absolute Gasteiger partial charge is 0.360 e. The highest BCUT2D eigenvalue weighted by Gasteiger charge is 2.25. The first kappa shape index (κ1) is 15.6. The van der Waals surface area contributed by atoms with E-state index in [2.05, 4.69) is 65.5 Å². The molecule has 0 saturated heterocycles. The average Bonchev–Trinajstić information content (AvgIpc) is 2.35. The molecule has 0 amide bonds. The van der Waals surface area contributed by atoms with Gasteiger partial charge >= 0.3 is 6.92 Å². The van der Waals surface area contributed by atoms with Gasteiger partial charge in [-0.15, -0.1) is 0 Å². The van der Waals surface area contributed by atoms with E-state index in [1.807, 2.05) is 6.08 Å². The summed E-state index contributed by atoms with van der Waals surface area (Å²) < 4.78 is 0. The van der Waals surface area contributed by atoms with Gasteiger partial charge in [0.05, 0.1) is 0 Å². The molecule has 2 aromatic carbocycles. The standard InChI is InChI=1S/C19H23BO/c1-7-17-11-13(3)10-16(6)19(17)20(21)18-14(4)8-12(2)9-15(18)5/h7-11,21H,1H2,2-6H3. The van der Waals surface area contributed by atoms with Crippen LogP contribution >= 0.6 is 0 Å². The van der Waals surface area contributed by atoms with Gasteiger partial charge in [0.25, 0.3) is 0 Å². The molecule has 108 valence electrons. The summed E-state index contributed by atoms with van der Waals surface area (Å²) in [4.78, 5) is 0. The van der Waals surface area contributed by atoms with E-state index in [4.69, 9.17) is 0 Å². The summed E-state index contributed by atoms with van der Waals surface area (Å²) in [7, 11) is 0. The van der Waals surface area contributed by atoms with Crippen LogP contribution in [-0.4, -0.2) is 11.9 Å². The molecule has 0 fully saturated rings. The van der Waals surface area contributed by atoms with Gasteiger partial charge in [-0.05, 0) is 51.1 Å². The van der Waals surface area contributed by atoms with Gasteiger partial charge in [0.15, 0.2) is 0 Å². The molecule has 0 aliphatic carbocycles. The molecule has 0 aromatic heterocycles. The molecule has 0 bridgehead atoms. The molecule has 0 unspecified atom stereocenters. The zero-order valence-electron chi connectivity index (χ0n) is 13.6. The summed E-state index contributed by atoms with van der Waals surface area (Å²) >= 11 is 0. The van der Waals surface area contributed by atoms with Gasteiger partial charge in [0.1, 0.15) is 0 Å². The van der Waals surface area contributed by atoms with Crippen LogP contribution < -0.4 is 10.9 Å². The molecule has 0 spiro atoms. The first-order valence-electron chi connectivity index (χ1n) is 7.34. The van der Waals surface area contributed by atoms with Crippen molar-refractivity contribution in [1.29, 1.82) is 0 Å². The van der Waals surface area contributed by atoms with Crippen molar-refractivity contribution in [2.75, 3.05) is 0 Å². The Hall–Kier alpha value is -1.80. The second kappa shape index (κ2) is 5.91. The molecule has 0 saturated carbocycles. The van der Waals surface area contributed by atoms with Crippen molar-refractivity contribution < 1.29 is 5.02 Å². The van der Waals surface area contributed by atoms with Crippen LogP contribution in [0.2, 0.25) is 0 Å². The van der Waals surface area contributed by atoms with E-state index in [0.717, 1.165) is 33.2 Å². The van der Waals surface area contributed by atoms with Crippen LogP contribution in [0.3, 0.4) is 0 Å². The summed E-state index contributed by atoms with van der Waals surface area (Å²) in [6, 6.07) is 8.45.